The van der Waals surface area contributed by atoms with Crippen LogP contribution in [-0.2, 0) is 20.5 Å². The summed E-state index contributed by atoms with van der Waals surface area (Å²) in [6, 6.07) is 5.27. The molecule has 0 aliphatic rings. The number of alkyl halides is 3. The van der Waals surface area contributed by atoms with Crippen molar-refractivity contribution in [2.75, 3.05) is 7.11 Å². The molecule has 36 heavy (non-hydrogen) atoms. The number of benzene rings is 1. The van der Waals surface area contributed by atoms with Crippen LogP contribution in [0.25, 0.3) is 0 Å². The summed E-state index contributed by atoms with van der Waals surface area (Å²) < 4.78 is 55.9. The van der Waals surface area contributed by atoms with Crippen LogP contribution in [0.2, 0.25) is 0 Å². The standard InChI is InChI=1S/C25H29F3N2O6/c1-13(2)23(32)36-21-19(34-6)11-12-29-20(21)22(31)30-15(4)24(33)35-16(5)14(3)17-9-7-8-10-18(17)25(26,27)28/h7-16H,1-6H3,(H,30,31)/t14-,15+,16+/m1/s1. The molecule has 0 fully saturated rings. The topological polar surface area (TPSA) is 104 Å². The van der Waals surface area contributed by atoms with E-state index in [1.807, 2.05) is 0 Å². The molecule has 1 N–H and O–H groups in total. The average Bonchev–Trinajstić information content (AvgIpc) is 2.82. The number of ether oxygens (including phenoxy) is 3. The molecule has 1 aromatic heterocycles. The van der Waals surface area contributed by atoms with E-state index >= 15 is 0 Å². The molecule has 3 atom stereocenters. The van der Waals surface area contributed by atoms with Crippen LogP contribution in [0.1, 0.15) is 62.2 Å². The van der Waals surface area contributed by atoms with Crippen molar-refractivity contribution in [1.29, 1.82) is 0 Å². The molecule has 8 nitrogen and oxygen atoms in total. The maximum Gasteiger partial charge on any atom is 0.416 e. The van der Waals surface area contributed by atoms with E-state index in [-0.39, 0.29) is 22.8 Å². The van der Waals surface area contributed by atoms with Gasteiger partial charge in [-0.1, -0.05) is 39.0 Å². The molecular weight excluding hydrogens is 481 g/mol. The fraction of sp³-hybridized carbons (Fsp3) is 0.440. The van der Waals surface area contributed by atoms with Crippen molar-refractivity contribution in [3.05, 3.63) is 53.3 Å². The third kappa shape index (κ3) is 6.96. The molecule has 1 heterocycles. The number of carbonyl (C=O) groups is 3. The van der Waals surface area contributed by atoms with Gasteiger partial charge in [0.25, 0.3) is 5.91 Å². The lowest BCUT2D eigenvalue weighted by Crippen LogP contribution is -2.41. The van der Waals surface area contributed by atoms with E-state index in [2.05, 4.69) is 10.3 Å². The van der Waals surface area contributed by atoms with E-state index in [1.165, 1.54) is 58.3 Å². The highest BCUT2D eigenvalue weighted by molar-refractivity contribution is 5.98. The van der Waals surface area contributed by atoms with Gasteiger partial charge in [-0.3, -0.25) is 9.59 Å². The number of methoxy groups -OCH3 is 1. The molecule has 0 aliphatic heterocycles. The minimum absolute atomic E-state index is 0.0146. The number of esters is 2. The second-order valence-corrected chi connectivity index (χ2v) is 8.48. The largest absolute Gasteiger partial charge is 0.493 e. The zero-order valence-corrected chi connectivity index (χ0v) is 20.8. The molecule has 0 radical (unpaired) electrons. The van der Waals surface area contributed by atoms with Crippen LogP contribution < -0.4 is 14.8 Å². The maximum atomic E-state index is 13.4. The Morgan fingerprint density at radius 1 is 0.972 bits per heavy atom. The molecule has 0 saturated carbocycles. The van der Waals surface area contributed by atoms with Gasteiger partial charge in [0.05, 0.1) is 18.6 Å². The summed E-state index contributed by atoms with van der Waals surface area (Å²) in [4.78, 5) is 41.5. The first-order chi connectivity index (χ1) is 16.8. The highest BCUT2D eigenvalue weighted by atomic mass is 19.4. The van der Waals surface area contributed by atoms with Crippen LogP contribution in [0, 0.1) is 5.92 Å². The second kappa shape index (κ2) is 11.9. The Kier molecular flexibility index (Phi) is 9.43. The first-order valence-electron chi connectivity index (χ1n) is 11.2. The Hall–Kier alpha value is -3.63. The summed E-state index contributed by atoms with van der Waals surface area (Å²) >= 11 is 0. The lowest BCUT2D eigenvalue weighted by atomic mass is 9.91. The van der Waals surface area contributed by atoms with Crippen LogP contribution in [0.5, 0.6) is 11.5 Å². The molecular formula is C25H29F3N2O6. The molecule has 1 amide bonds. The summed E-state index contributed by atoms with van der Waals surface area (Å²) in [6.07, 6.45) is -4.22. The number of aromatic nitrogens is 1. The van der Waals surface area contributed by atoms with E-state index in [0.717, 1.165) is 6.07 Å². The van der Waals surface area contributed by atoms with Gasteiger partial charge in [0.2, 0.25) is 5.75 Å². The van der Waals surface area contributed by atoms with Gasteiger partial charge in [0.15, 0.2) is 11.4 Å². The molecule has 0 bridgehead atoms. The minimum atomic E-state index is -4.56. The number of halogens is 3. The van der Waals surface area contributed by atoms with E-state index in [9.17, 15) is 27.6 Å². The van der Waals surface area contributed by atoms with E-state index in [1.54, 1.807) is 13.8 Å². The van der Waals surface area contributed by atoms with Crippen molar-refractivity contribution in [2.24, 2.45) is 5.92 Å². The number of carbonyl (C=O) groups excluding carboxylic acids is 3. The lowest BCUT2D eigenvalue weighted by Gasteiger charge is -2.25. The van der Waals surface area contributed by atoms with Gasteiger partial charge >= 0.3 is 18.1 Å². The number of nitrogens with zero attached hydrogens (tertiary/aromatic N) is 1. The lowest BCUT2D eigenvalue weighted by molar-refractivity contribution is -0.151. The predicted molar refractivity (Wildman–Crippen MR) is 124 cm³/mol. The zero-order chi connectivity index (χ0) is 27.2. The van der Waals surface area contributed by atoms with Gasteiger partial charge in [-0.25, -0.2) is 9.78 Å². The Morgan fingerprint density at radius 3 is 2.19 bits per heavy atom. The van der Waals surface area contributed by atoms with Crippen molar-refractivity contribution in [3.63, 3.8) is 0 Å². The fourth-order valence-corrected chi connectivity index (χ4v) is 3.19. The van der Waals surface area contributed by atoms with E-state index in [4.69, 9.17) is 14.2 Å². The normalized spacial score (nSPS) is 13.9. The molecule has 0 saturated heterocycles. The van der Waals surface area contributed by atoms with Crippen molar-refractivity contribution in [1.82, 2.24) is 10.3 Å². The molecule has 2 aromatic rings. The summed E-state index contributed by atoms with van der Waals surface area (Å²) in [6.45, 7) is 7.55. The number of amides is 1. The van der Waals surface area contributed by atoms with Crippen molar-refractivity contribution in [2.45, 2.75) is 58.9 Å². The average molecular weight is 511 g/mol. The van der Waals surface area contributed by atoms with Crippen molar-refractivity contribution < 1.29 is 41.8 Å². The quantitative estimate of drug-likeness (QED) is 0.495. The number of nitrogens with one attached hydrogen (secondary N) is 1. The minimum Gasteiger partial charge on any atom is -0.493 e. The maximum absolute atomic E-state index is 13.4. The fourth-order valence-electron chi connectivity index (χ4n) is 3.19. The van der Waals surface area contributed by atoms with Crippen LogP contribution in [0.3, 0.4) is 0 Å². The van der Waals surface area contributed by atoms with Gasteiger partial charge in [-0.2, -0.15) is 13.2 Å². The number of hydrogen-bond acceptors (Lipinski definition) is 7. The summed E-state index contributed by atoms with van der Waals surface area (Å²) in [5.74, 6) is -3.72. The second-order valence-electron chi connectivity index (χ2n) is 8.48. The van der Waals surface area contributed by atoms with Crippen LogP contribution in [0.15, 0.2) is 36.5 Å². The molecule has 1 aromatic carbocycles. The molecule has 0 spiro atoms. The number of rotatable bonds is 9. The highest BCUT2D eigenvalue weighted by Crippen LogP contribution is 2.36. The van der Waals surface area contributed by atoms with Crippen LogP contribution in [-0.4, -0.2) is 42.1 Å². The third-order valence-corrected chi connectivity index (χ3v) is 5.44. The van der Waals surface area contributed by atoms with Gasteiger partial charge in [-0.15, -0.1) is 0 Å². The number of hydrogen-bond donors (Lipinski definition) is 1. The predicted octanol–water partition coefficient (Wildman–Crippen LogP) is 4.52. The first kappa shape index (κ1) is 28.6. The van der Waals surface area contributed by atoms with E-state index < -0.39 is 53.6 Å². The summed E-state index contributed by atoms with van der Waals surface area (Å²) in [5, 5.41) is 2.41. The Balaban J connectivity index is 2.15. The van der Waals surface area contributed by atoms with Gasteiger partial charge < -0.3 is 19.5 Å². The highest BCUT2D eigenvalue weighted by Gasteiger charge is 2.36. The van der Waals surface area contributed by atoms with Crippen LogP contribution in [0.4, 0.5) is 13.2 Å². The smallest absolute Gasteiger partial charge is 0.416 e. The summed E-state index contributed by atoms with van der Waals surface area (Å²) in [7, 11) is 1.32. The Bertz CT molecular complexity index is 1100. The molecule has 2 rings (SSSR count). The molecule has 0 unspecified atom stereocenters. The molecule has 196 valence electrons. The third-order valence-electron chi connectivity index (χ3n) is 5.44. The Morgan fingerprint density at radius 2 is 1.61 bits per heavy atom. The SMILES string of the molecule is COc1ccnc(C(=O)N[C@@H](C)C(=O)O[C@@H](C)[C@@H](C)c2ccccc2C(F)(F)F)c1OC(=O)C(C)C. The van der Waals surface area contributed by atoms with Gasteiger partial charge in [-0.05, 0) is 25.5 Å². The van der Waals surface area contributed by atoms with Gasteiger partial charge in [0.1, 0.15) is 12.1 Å². The first-order valence-corrected chi connectivity index (χ1v) is 11.2. The number of pyridine rings is 1. The Labute approximate surface area is 207 Å². The zero-order valence-electron chi connectivity index (χ0n) is 20.8. The van der Waals surface area contributed by atoms with Crippen molar-refractivity contribution in [3.8, 4) is 11.5 Å². The monoisotopic (exact) mass is 510 g/mol. The summed E-state index contributed by atoms with van der Waals surface area (Å²) in [5.41, 5.74) is -1.11. The van der Waals surface area contributed by atoms with Crippen molar-refractivity contribution >= 4 is 17.8 Å². The van der Waals surface area contributed by atoms with Gasteiger partial charge in [0, 0.05) is 18.2 Å². The molecule has 0 aliphatic carbocycles. The van der Waals surface area contributed by atoms with E-state index in [0.29, 0.717) is 0 Å². The van der Waals surface area contributed by atoms with Crippen LogP contribution >= 0.6 is 0 Å². The molecule has 11 heteroatoms.